The van der Waals surface area contributed by atoms with Crippen molar-refractivity contribution in [2.75, 3.05) is 6.54 Å². The summed E-state index contributed by atoms with van der Waals surface area (Å²) < 4.78 is 18.9. The summed E-state index contributed by atoms with van der Waals surface area (Å²) in [5.74, 6) is -2.05. The summed E-state index contributed by atoms with van der Waals surface area (Å²) in [7, 11) is 0. The Bertz CT molecular complexity index is 869. The highest BCUT2D eigenvalue weighted by molar-refractivity contribution is 6.09. The zero-order chi connectivity index (χ0) is 22.6. The second kappa shape index (κ2) is 9.32. The molecular weight excluding hydrogens is 407 g/mol. The van der Waals surface area contributed by atoms with Crippen LogP contribution in [-0.4, -0.2) is 46.8 Å². The number of carbonyl (C=O) groups is 4. The molecule has 1 saturated heterocycles. The Morgan fingerprint density at radius 3 is 2.58 bits per heavy atom. The third-order valence-electron chi connectivity index (χ3n) is 5.92. The molecule has 2 fully saturated rings. The largest absolute Gasteiger partial charge is 0.478 e. The van der Waals surface area contributed by atoms with Gasteiger partial charge in [-0.25, -0.2) is 9.18 Å². The zero-order valence-electron chi connectivity index (χ0n) is 17.6. The van der Waals surface area contributed by atoms with Crippen LogP contribution in [0, 0.1) is 11.7 Å². The van der Waals surface area contributed by atoms with Crippen LogP contribution < -0.4 is 20.9 Å². The Labute approximate surface area is 179 Å². The number of hydrazine groups is 1. The number of amides is 5. The van der Waals surface area contributed by atoms with Crippen LogP contribution >= 0.6 is 0 Å². The average molecular weight is 434 g/mol. The first-order chi connectivity index (χ1) is 14.8. The van der Waals surface area contributed by atoms with Crippen LogP contribution in [0.5, 0.6) is 5.75 Å². The lowest BCUT2D eigenvalue weighted by atomic mass is 9.75. The summed E-state index contributed by atoms with van der Waals surface area (Å²) in [6.07, 6.45) is 2.73. The summed E-state index contributed by atoms with van der Waals surface area (Å²) in [5.41, 5.74) is 3.37. The fourth-order valence-corrected chi connectivity index (χ4v) is 3.94. The molecule has 10 heteroatoms. The average Bonchev–Trinajstić information content (AvgIpc) is 2.98. The molecular formula is C21H27FN4O5. The minimum Gasteiger partial charge on any atom is -0.478 e. The number of para-hydroxylation sites is 1. The van der Waals surface area contributed by atoms with E-state index in [9.17, 15) is 23.6 Å². The van der Waals surface area contributed by atoms with Crippen LogP contribution in [-0.2, 0) is 14.4 Å². The molecule has 1 aromatic rings. The molecule has 0 radical (unpaired) electrons. The molecule has 5 amide bonds. The molecule has 0 bridgehead atoms. The fraction of sp³-hybridized carbons (Fsp3) is 0.524. The van der Waals surface area contributed by atoms with E-state index in [-0.39, 0.29) is 5.75 Å². The van der Waals surface area contributed by atoms with Gasteiger partial charge in [0.05, 0.1) is 0 Å². The molecule has 0 aromatic heterocycles. The zero-order valence-corrected chi connectivity index (χ0v) is 17.6. The quantitative estimate of drug-likeness (QED) is 0.465. The van der Waals surface area contributed by atoms with E-state index in [2.05, 4.69) is 23.1 Å². The summed E-state index contributed by atoms with van der Waals surface area (Å²) in [4.78, 5) is 50.3. The van der Waals surface area contributed by atoms with Crippen molar-refractivity contribution in [3.63, 3.8) is 0 Å². The highest BCUT2D eigenvalue weighted by Gasteiger charge is 2.52. The van der Waals surface area contributed by atoms with Gasteiger partial charge in [-0.3, -0.25) is 30.1 Å². The fourth-order valence-electron chi connectivity index (χ4n) is 3.94. The normalized spacial score (nSPS) is 24.0. The number of hydrogen-bond donors (Lipinski definition) is 3. The van der Waals surface area contributed by atoms with Gasteiger partial charge in [-0.05, 0) is 50.7 Å². The molecule has 1 saturated carbocycles. The van der Waals surface area contributed by atoms with Gasteiger partial charge >= 0.3 is 6.03 Å². The molecule has 2 aliphatic rings. The Morgan fingerprint density at radius 1 is 1.26 bits per heavy atom. The van der Waals surface area contributed by atoms with Crippen molar-refractivity contribution in [2.45, 2.75) is 57.6 Å². The van der Waals surface area contributed by atoms with Crippen molar-refractivity contribution in [1.29, 1.82) is 0 Å². The third-order valence-corrected chi connectivity index (χ3v) is 5.92. The van der Waals surface area contributed by atoms with E-state index in [0.29, 0.717) is 18.8 Å². The first-order valence-electron chi connectivity index (χ1n) is 10.4. The maximum absolute atomic E-state index is 13.6. The van der Waals surface area contributed by atoms with Gasteiger partial charge in [0.15, 0.2) is 17.7 Å². The maximum atomic E-state index is 13.6. The SMILES string of the molecule is CCC1CCC2(CC1)NC(=O)N(CC(=O)NNC(=O)C(C)Oc1ccccc1F)C2=O. The number of rotatable bonds is 6. The minimum atomic E-state index is -1.09. The Morgan fingerprint density at radius 2 is 1.94 bits per heavy atom. The number of carbonyl (C=O) groups excluding carboxylic acids is 4. The summed E-state index contributed by atoms with van der Waals surface area (Å²) >= 11 is 0. The van der Waals surface area contributed by atoms with E-state index in [4.69, 9.17) is 4.74 Å². The summed E-state index contributed by atoms with van der Waals surface area (Å²) in [5, 5.41) is 2.75. The number of halogens is 1. The van der Waals surface area contributed by atoms with Crippen molar-refractivity contribution in [3.8, 4) is 5.75 Å². The molecule has 9 nitrogen and oxygen atoms in total. The molecule has 1 aliphatic carbocycles. The topological polar surface area (TPSA) is 117 Å². The molecule has 1 atom stereocenters. The number of nitrogens with one attached hydrogen (secondary N) is 3. The predicted octanol–water partition coefficient (Wildman–Crippen LogP) is 1.63. The van der Waals surface area contributed by atoms with Gasteiger partial charge in [-0.1, -0.05) is 25.5 Å². The van der Waals surface area contributed by atoms with Crippen LogP contribution in [0.15, 0.2) is 24.3 Å². The second-order valence-electron chi connectivity index (χ2n) is 7.98. The molecule has 3 N–H and O–H groups in total. The van der Waals surface area contributed by atoms with Gasteiger partial charge in [0.1, 0.15) is 12.1 Å². The van der Waals surface area contributed by atoms with Crippen LogP contribution in [0.25, 0.3) is 0 Å². The number of urea groups is 1. The van der Waals surface area contributed by atoms with Crippen LogP contribution in [0.1, 0.15) is 46.0 Å². The second-order valence-corrected chi connectivity index (χ2v) is 7.98. The van der Waals surface area contributed by atoms with Gasteiger partial charge in [-0.15, -0.1) is 0 Å². The Hall–Kier alpha value is -3.17. The molecule has 31 heavy (non-hydrogen) atoms. The van der Waals surface area contributed by atoms with Gasteiger partial charge in [0.25, 0.3) is 17.7 Å². The lowest BCUT2D eigenvalue weighted by molar-refractivity contribution is -0.137. The van der Waals surface area contributed by atoms with E-state index in [1.54, 1.807) is 6.07 Å². The first kappa shape index (κ1) is 22.5. The van der Waals surface area contributed by atoms with E-state index in [1.807, 2.05) is 0 Å². The monoisotopic (exact) mass is 434 g/mol. The third kappa shape index (κ3) is 4.95. The molecule has 1 aromatic carbocycles. The van der Waals surface area contributed by atoms with Crippen molar-refractivity contribution >= 4 is 23.8 Å². The van der Waals surface area contributed by atoms with E-state index >= 15 is 0 Å². The molecule has 3 rings (SSSR count). The smallest absolute Gasteiger partial charge is 0.325 e. The number of benzene rings is 1. The molecule has 1 heterocycles. The molecule has 1 unspecified atom stereocenters. The molecule has 168 valence electrons. The maximum Gasteiger partial charge on any atom is 0.325 e. The van der Waals surface area contributed by atoms with E-state index in [0.717, 1.165) is 24.2 Å². The van der Waals surface area contributed by atoms with Crippen molar-refractivity contribution in [2.24, 2.45) is 5.92 Å². The Kier molecular flexibility index (Phi) is 6.77. The van der Waals surface area contributed by atoms with Gasteiger partial charge in [-0.2, -0.15) is 0 Å². The molecule has 1 aliphatic heterocycles. The van der Waals surface area contributed by atoms with Crippen LogP contribution in [0.2, 0.25) is 0 Å². The number of ether oxygens (including phenoxy) is 1. The highest BCUT2D eigenvalue weighted by Crippen LogP contribution is 2.37. The van der Waals surface area contributed by atoms with Crippen LogP contribution in [0.3, 0.4) is 0 Å². The number of hydrogen-bond acceptors (Lipinski definition) is 5. The summed E-state index contributed by atoms with van der Waals surface area (Å²) in [6.45, 7) is 2.97. The number of nitrogens with zero attached hydrogens (tertiary/aromatic N) is 1. The van der Waals surface area contributed by atoms with E-state index in [1.165, 1.54) is 25.1 Å². The summed E-state index contributed by atoms with van der Waals surface area (Å²) in [6, 6.07) is 5.01. The predicted molar refractivity (Wildman–Crippen MR) is 108 cm³/mol. The standard InChI is InChI=1S/C21H27FN4O5/c1-3-14-8-10-21(11-9-14)19(29)26(20(30)23-21)12-17(27)24-25-18(28)13(2)31-16-7-5-4-6-15(16)22/h4-7,13-14H,3,8-12H2,1-2H3,(H,23,30)(H,24,27)(H,25,28). The highest BCUT2D eigenvalue weighted by atomic mass is 19.1. The van der Waals surface area contributed by atoms with Crippen molar-refractivity contribution in [1.82, 2.24) is 21.1 Å². The number of imide groups is 1. The van der Waals surface area contributed by atoms with Crippen LogP contribution in [0.4, 0.5) is 9.18 Å². The van der Waals surface area contributed by atoms with Crippen molar-refractivity contribution < 1.29 is 28.3 Å². The van der Waals surface area contributed by atoms with Gasteiger partial charge < -0.3 is 10.1 Å². The lowest BCUT2D eigenvalue weighted by Gasteiger charge is -2.34. The van der Waals surface area contributed by atoms with Crippen molar-refractivity contribution in [3.05, 3.63) is 30.1 Å². The van der Waals surface area contributed by atoms with E-state index < -0.39 is 47.8 Å². The molecule has 1 spiro atoms. The van der Waals surface area contributed by atoms with Gasteiger partial charge in [0, 0.05) is 0 Å². The Balaban J connectivity index is 1.49. The first-order valence-corrected chi connectivity index (χ1v) is 10.4. The minimum absolute atomic E-state index is 0.0982. The lowest BCUT2D eigenvalue weighted by Crippen LogP contribution is -2.52. The van der Waals surface area contributed by atoms with Gasteiger partial charge in [0.2, 0.25) is 0 Å².